The number of ketones is 1. The Balaban J connectivity index is 1.49. The molecule has 4 fully saturated rings. The molecule has 4 saturated heterocycles. The number of carbonyl (C=O) groups is 3. The third-order valence-electron chi connectivity index (χ3n) is 21.5. The van der Waals surface area contributed by atoms with Crippen molar-refractivity contribution in [3.8, 4) is 0 Å². The molecule has 0 aromatic heterocycles. The standard InChI is InChI=1S/C70H118O12Si3/c1-24-44(2)39-60-49(7)56-42-52(72)41-55-34-36-58-63(76-55)65(81-84(20,21)69(12,13)14)66(82-85(22,23)70(15,16)17)64(79-58)59(80-83(18,19)68(9,10)11)37-33-53(77-67(73)51-28-26-25-27-29-51)31-32-54-40-47(5)57(75-54)35-30-45(3)38-46(4)48(6)61(74-50(8)71)43-62(56)78-60/h25-29,33,37,44-46,49,53-66H,5-6,24,30-32,34-36,38-43H2,1-4,7-23H3/b37-33+/t44-,45-,46-,49-,53?,54?,55-,56-,57+,58+,59+,60-,61-,62+,63+,64+,65+,66-/m1/s1. The van der Waals surface area contributed by atoms with E-state index in [0.717, 1.165) is 49.7 Å². The molecule has 1 aromatic carbocycles. The van der Waals surface area contributed by atoms with Crippen LogP contribution in [0.2, 0.25) is 54.4 Å². The number of hydrogen-bond acceptors (Lipinski definition) is 12. The Morgan fingerprint density at radius 1 is 0.659 bits per heavy atom. The molecule has 0 amide bonds. The number of Topliss-reactive ketones (excluding diaryl/α,β-unsaturated/α-hetero) is 1. The van der Waals surface area contributed by atoms with Crippen LogP contribution in [0.3, 0.4) is 0 Å². The van der Waals surface area contributed by atoms with Gasteiger partial charge in [0.2, 0.25) is 0 Å². The maximum atomic E-state index is 15.0. The maximum absolute atomic E-state index is 15.0. The molecule has 0 saturated carbocycles. The van der Waals surface area contributed by atoms with Gasteiger partial charge in [0, 0.05) is 26.2 Å². The van der Waals surface area contributed by atoms with Gasteiger partial charge in [-0.25, -0.2) is 4.79 Å². The topological polar surface area (TPSA) is 134 Å². The summed E-state index contributed by atoms with van der Waals surface area (Å²) in [5, 5.41) is -0.516. The predicted octanol–water partition coefficient (Wildman–Crippen LogP) is 16.9. The molecule has 6 aliphatic heterocycles. The van der Waals surface area contributed by atoms with E-state index < -0.39 is 79.8 Å². The van der Waals surface area contributed by atoms with Crippen LogP contribution in [-0.2, 0) is 51.3 Å². The molecule has 15 heteroatoms. The maximum Gasteiger partial charge on any atom is 0.338 e. The SMILES string of the molecule is C=C1CC2CCC(OC(=O)c3ccccc3)/C=C/[C@H](O[Si](C)(C)C(C)(C)C)[C@@H]3O[C@H]4CC[C@H](CC(=O)C[C@@H]5[C@@H](C)[C@@H](C[C@H](C)CC)O[C@H]5C[C@@H](OC(C)=O)C(=C)[C@H](C)C[C@H](C)CC[C@@H]1O2)O[C@@H]4[C@H](O[Si](C)(C)C(C)(C)C)[C@@H]3O[Si](C)(C)C(C)(C)C. The lowest BCUT2D eigenvalue weighted by Crippen LogP contribution is -2.69. The Bertz CT molecular complexity index is 2420. The first-order valence-corrected chi connectivity index (χ1v) is 41.7. The molecule has 6 heterocycles. The quantitative estimate of drug-likeness (QED) is 0.112. The fraction of sp³-hybridized carbons (Fsp3) is 0.786. The smallest absolute Gasteiger partial charge is 0.338 e. The lowest BCUT2D eigenvalue weighted by molar-refractivity contribution is -0.266. The molecule has 18 atom stereocenters. The van der Waals surface area contributed by atoms with Gasteiger partial charge in [-0.3, -0.25) is 9.59 Å². The Labute approximate surface area is 519 Å². The average Bonchev–Trinajstić information content (AvgIpc) is 2.02. The van der Waals surface area contributed by atoms with Crippen molar-refractivity contribution in [1.29, 1.82) is 0 Å². The van der Waals surface area contributed by atoms with Crippen LogP contribution in [0.25, 0.3) is 0 Å². The lowest BCUT2D eigenvalue weighted by atomic mass is 9.78. The molecule has 482 valence electrons. The van der Waals surface area contributed by atoms with Gasteiger partial charge in [0.15, 0.2) is 25.0 Å². The van der Waals surface area contributed by atoms with Crippen LogP contribution in [0.1, 0.15) is 198 Å². The minimum Gasteiger partial charge on any atom is -0.458 e. The second-order valence-electron chi connectivity index (χ2n) is 31.5. The predicted molar refractivity (Wildman–Crippen MR) is 350 cm³/mol. The minimum atomic E-state index is -2.63. The number of fused-ring (bicyclic) bond motifs is 15. The molecule has 1 aromatic rings. The largest absolute Gasteiger partial charge is 0.458 e. The van der Waals surface area contributed by atoms with E-state index in [1.807, 2.05) is 24.3 Å². The van der Waals surface area contributed by atoms with Crippen molar-refractivity contribution in [3.63, 3.8) is 0 Å². The van der Waals surface area contributed by atoms with Crippen molar-refractivity contribution >= 4 is 42.7 Å². The van der Waals surface area contributed by atoms with Crippen LogP contribution in [-0.4, -0.2) is 122 Å². The van der Waals surface area contributed by atoms with E-state index in [-0.39, 0.29) is 81.6 Å². The molecule has 85 heavy (non-hydrogen) atoms. The zero-order valence-electron chi connectivity index (χ0n) is 56.9. The van der Waals surface area contributed by atoms with E-state index in [4.69, 9.17) is 41.7 Å². The van der Waals surface area contributed by atoms with Crippen LogP contribution in [0.5, 0.6) is 0 Å². The summed E-state index contributed by atoms with van der Waals surface area (Å²) >= 11 is 0. The first-order chi connectivity index (χ1) is 39.3. The number of rotatable bonds is 12. The van der Waals surface area contributed by atoms with Gasteiger partial charge in [0.1, 0.15) is 42.4 Å². The van der Waals surface area contributed by atoms with E-state index in [1.54, 1.807) is 12.1 Å². The summed E-state index contributed by atoms with van der Waals surface area (Å²) in [6.45, 7) is 55.9. The van der Waals surface area contributed by atoms with Gasteiger partial charge in [0.05, 0.1) is 48.3 Å². The lowest BCUT2D eigenvalue weighted by Gasteiger charge is -2.56. The summed E-state index contributed by atoms with van der Waals surface area (Å²) in [6.07, 6.45) is 7.38. The number of benzene rings is 1. The van der Waals surface area contributed by atoms with Crippen molar-refractivity contribution in [1.82, 2.24) is 0 Å². The van der Waals surface area contributed by atoms with E-state index >= 15 is 0 Å². The summed E-state index contributed by atoms with van der Waals surface area (Å²) in [5.74, 6) is 0.237. The molecular formula is C70H118O12Si3. The van der Waals surface area contributed by atoms with Crippen molar-refractivity contribution in [3.05, 3.63) is 72.4 Å². The summed E-state index contributed by atoms with van der Waals surface area (Å²) in [4.78, 5) is 42.1. The van der Waals surface area contributed by atoms with Gasteiger partial charge in [-0.05, 0) is 171 Å². The van der Waals surface area contributed by atoms with Gasteiger partial charge in [-0.1, -0.05) is 141 Å². The second-order valence-corrected chi connectivity index (χ2v) is 45.8. The highest BCUT2D eigenvalue weighted by molar-refractivity contribution is 6.75. The Morgan fingerprint density at radius 3 is 1.82 bits per heavy atom. The van der Waals surface area contributed by atoms with E-state index in [1.165, 1.54) is 6.92 Å². The van der Waals surface area contributed by atoms with Crippen LogP contribution in [0.4, 0.5) is 0 Å². The summed E-state index contributed by atoms with van der Waals surface area (Å²) in [6, 6.07) is 9.20. The average molecular weight is 1240 g/mol. The van der Waals surface area contributed by atoms with E-state index in [2.05, 4.69) is 155 Å². The van der Waals surface area contributed by atoms with Gasteiger partial charge in [-0.15, -0.1) is 0 Å². The van der Waals surface area contributed by atoms with Crippen LogP contribution >= 0.6 is 0 Å². The highest BCUT2D eigenvalue weighted by atomic mass is 28.4. The Morgan fingerprint density at radius 2 is 1.24 bits per heavy atom. The highest BCUT2D eigenvalue weighted by Gasteiger charge is 2.58. The van der Waals surface area contributed by atoms with Crippen molar-refractivity contribution < 1.29 is 56.1 Å². The van der Waals surface area contributed by atoms with Crippen molar-refractivity contribution in [2.45, 2.75) is 321 Å². The molecule has 6 aliphatic rings. The molecule has 0 radical (unpaired) electrons. The molecule has 0 N–H and O–H groups in total. The normalized spacial score (nSPS) is 34.7. The van der Waals surface area contributed by atoms with Gasteiger partial charge in [-0.2, -0.15) is 0 Å². The number of carbonyl (C=O) groups excluding carboxylic acids is 3. The zero-order chi connectivity index (χ0) is 63.4. The van der Waals surface area contributed by atoms with E-state index in [9.17, 15) is 14.4 Å². The minimum absolute atomic E-state index is 0.0298. The number of esters is 2. The summed E-state index contributed by atoms with van der Waals surface area (Å²) in [5.41, 5.74) is 2.45. The van der Waals surface area contributed by atoms with Gasteiger partial charge >= 0.3 is 11.9 Å². The summed E-state index contributed by atoms with van der Waals surface area (Å²) in [7, 11) is -7.82. The molecule has 0 aliphatic carbocycles. The number of ether oxygens (including phenoxy) is 6. The molecule has 0 spiro atoms. The van der Waals surface area contributed by atoms with Crippen molar-refractivity contribution in [2.24, 2.45) is 29.6 Å². The fourth-order valence-electron chi connectivity index (χ4n) is 12.6. The molecule has 6 bridgehead atoms. The van der Waals surface area contributed by atoms with Crippen LogP contribution in [0, 0.1) is 29.6 Å². The van der Waals surface area contributed by atoms with Crippen LogP contribution in [0.15, 0.2) is 66.8 Å². The van der Waals surface area contributed by atoms with Gasteiger partial charge in [0.25, 0.3) is 0 Å². The zero-order valence-corrected chi connectivity index (χ0v) is 59.9. The fourth-order valence-corrected chi connectivity index (χ4v) is 16.4. The molecule has 7 rings (SSSR count). The third-order valence-corrected chi connectivity index (χ3v) is 34.9. The monoisotopic (exact) mass is 1230 g/mol. The molecule has 12 nitrogen and oxygen atoms in total. The molecular weight excluding hydrogens is 1120 g/mol. The first-order valence-electron chi connectivity index (χ1n) is 33.0. The number of hydrogen-bond donors (Lipinski definition) is 0. The summed E-state index contributed by atoms with van der Waals surface area (Å²) < 4.78 is 64.9. The second kappa shape index (κ2) is 29.1. The highest BCUT2D eigenvalue weighted by Crippen LogP contribution is 2.49. The third kappa shape index (κ3) is 18.8. The first kappa shape index (κ1) is 71.5. The van der Waals surface area contributed by atoms with Gasteiger partial charge < -0.3 is 41.7 Å². The van der Waals surface area contributed by atoms with Crippen molar-refractivity contribution in [2.75, 3.05) is 0 Å². The van der Waals surface area contributed by atoms with E-state index in [0.29, 0.717) is 55.9 Å². The molecule has 2 unspecified atom stereocenters. The Hall–Kier alpha value is -2.58. The van der Waals surface area contributed by atoms with Crippen LogP contribution < -0.4 is 0 Å². The Kier molecular flexibility index (Phi) is 24.5.